The van der Waals surface area contributed by atoms with Crippen molar-refractivity contribution in [2.75, 3.05) is 19.8 Å². The Labute approximate surface area is 97.1 Å². The van der Waals surface area contributed by atoms with Crippen LogP contribution in [0.2, 0.25) is 0 Å². The molecule has 2 fully saturated rings. The first-order valence-electron chi connectivity index (χ1n) is 6.37. The lowest BCUT2D eigenvalue weighted by Gasteiger charge is -2.30. The van der Waals surface area contributed by atoms with E-state index in [1.165, 1.54) is 0 Å². The molecule has 0 saturated carbocycles. The molecule has 2 aliphatic rings. The summed E-state index contributed by atoms with van der Waals surface area (Å²) in [7, 11) is 0. The van der Waals surface area contributed by atoms with Crippen LogP contribution in [-0.4, -0.2) is 37.7 Å². The third-order valence-corrected chi connectivity index (χ3v) is 3.50. The van der Waals surface area contributed by atoms with E-state index in [2.05, 4.69) is 17.6 Å². The Hall–Kier alpha value is -0.610. The number of ether oxygens (including phenoxy) is 1. The SMILES string of the molecule is CC1CC(NC(=O)C2CCCOC2)CCN1. The summed E-state index contributed by atoms with van der Waals surface area (Å²) < 4.78 is 5.34. The van der Waals surface area contributed by atoms with Crippen molar-refractivity contribution in [1.82, 2.24) is 10.6 Å². The maximum atomic E-state index is 12.0. The Bertz CT molecular complexity index is 239. The van der Waals surface area contributed by atoms with E-state index in [-0.39, 0.29) is 11.8 Å². The molecule has 2 N–H and O–H groups in total. The number of piperidine rings is 1. The minimum Gasteiger partial charge on any atom is -0.381 e. The van der Waals surface area contributed by atoms with Gasteiger partial charge in [-0.05, 0) is 39.2 Å². The number of nitrogens with one attached hydrogen (secondary N) is 2. The summed E-state index contributed by atoms with van der Waals surface area (Å²) in [4.78, 5) is 12.0. The predicted molar refractivity (Wildman–Crippen MR) is 62.2 cm³/mol. The second kappa shape index (κ2) is 5.64. The van der Waals surface area contributed by atoms with Crippen LogP contribution in [0, 0.1) is 5.92 Å². The predicted octanol–water partition coefficient (Wildman–Crippen LogP) is 0.670. The van der Waals surface area contributed by atoms with Crippen molar-refractivity contribution in [3.05, 3.63) is 0 Å². The normalized spacial score (nSPS) is 35.7. The Balaban J connectivity index is 1.77. The van der Waals surface area contributed by atoms with E-state index in [0.717, 1.165) is 38.8 Å². The quantitative estimate of drug-likeness (QED) is 0.727. The van der Waals surface area contributed by atoms with Crippen LogP contribution in [-0.2, 0) is 9.53 Å². The van der Waals surface area contributed by atoms with E-state index >= 15 is 0 Å². The van der Waals surface area contributed by atoms with Crippen molar-refractivity contribution in [3.8, 4) is 0 Å². The highest BCUT2D eigenvalue weighted by Gasteiger charge is 2.25. The second-order valence-corrected chi connectivity index (χ2v) is 5.00. The highest BCUT2D eigenvalue weighted by Crippen LogP contribution is 2.15. The van der Waals surface area contributed by atoms with Crippen molar-refractivity contribution in [2.45, 2.75) is 44.7 Å². The van der Waals surface area contributed by atoms with E-state index < -0.39 is 0 Å². The molecule has 0 spiro atoms. The number of hydrogen-bond acceptors (Lipinski definition) is 3. The topological polar surface area (TPSA) is 50.4 Å². The molecule has 0 aliphatic carbocycles. The molecule has 2 heterocycles. The zero-order valence-electron chi connectivity index (χ0n) is 10.00. The summed E-state index contributed by atoms with van der Waals surface area (Å²) in [6.07, 6.45) is 4.08. The molecule has 4 heteroatoms. The van der Waals surface area contributed by atoms with Gasteiger partial charge in [-0.25, -0.2) is 0 Å². The van der Waals surface area contributed by atoms with Gasteiger partial charge in [0.05, 0.1) is 12.5 Å². The Morgan fingerprint density at radius 1 is 1.44 bits per heavy atom. The number of rotatable bonds is 2. The van der Waals surface area contributed by atoms with Gasteiger partial charge in [0.1, 0.15) is 0 Å². The highest BCUT2D eigenvalue weighted by molar-refractivity contribution is 5.79. The molecule has 0 aromatic carbocycles. The van der Waals surface area contributed by atoms with Gasteiger partial charge < -0.3 is 15.4 Å². The summed E-state index contributed by atoms with van der Waals surface area (Å²) in [5.41, 5.74) is 0. The Morgan fingerprint density at radius 2 is 2.31 bits per heavy atom. The first-order chi connectivity index (χ1) is 7.75. The lowest BCUT2D eigenvalue weighted by atomic mass is 9.97. The fourth-order valence-corrected chi connectivity index (χ4v) is 2.53. The standard InChI is InChI=1S/C12H22N2O2/c1-9-7-11(4-5-13-9)14-12(15)10-3-2-6-16-8-10/h9-11,13H,2-8H2,1H3,(H,14,15). The zero-order chi connectivity index (χ0) is 11.4. The fraction of sp³-hybridized carbons (Fsp3) is 0.917. The van der Waals surface area contributed by atoms with E-state index in [0.29, 0.717) is 18.7 Å². The molecule has 0 aromatic heterocycles. The van der Waals surface area contributed by atoms with Gasteiger partial charge in [0.25, 0.3) is 0 Å². The molecule has 0 bridgehead atoms. The van der Waals surface area contributed by atoms with Crippen LogP contribution in [0.15, 0.2) is 0 Å². The average molecular weight is 226 g/mol. The van der Waals surface area contributed by atoms with Crippen LogP contribution in [0.4, 0.5) is 0 Å². The summed E-state index contributed by atoms with van der Waals surface area (Å²) in [5.74, 6) is 0.276. The third kappa shape index (κ3) is 3.19. The third-order valence-electron chi connectivity index (χ3n) is 3.50. The summed E-state index contributed by atoms with van der Waals surface area (Å²) in [5, 5.41) is 6.55. The zero-order valence-corrected chi connectivity index (χ0v) is 10.00. The van der Waals surface area contributed by atoms with Gasteiger partial charge in [0, 0.05) is 18.7 Å². The molecule has 2 aliphatic heterocycles. The Kier molecular flexibility index (Phi) is 4.18. The largest absolute Gasteiger partial charge is 0.381 e. The summed E-state index contributed by atoms with van der Waals surface area (Å²) in [6.45, 7) is 4.59. The molecule has 1 amide bonds. The molecular formula is C12H22N2O2. The number of carbonyl (C=O) groups is 1. The smallest absolute Gasteiger partial charge is 0.225 e. The minimum atomic E-state index is 0.0824. The molecule has 92 valence electrons. The molecule has 16 heavy (non-hydrogen) atoms. The van der Waals surface area contributed by atoms with Crippen LogP contribution in [0.1, 0.15) is 32.6 Å². The summed E-state index contributed by atoms with van der Waals surface area (Å²) in [6, 6.07) is 0.868. The molecular weight excluding hydrogens is 204 g/mol. The highest BCUT2D eigenvalue weighted by atomic mass is 16.5. The molecule has 0 aromatic rings. The van der Waals surface area contributed by atoms with Crippen LogP contribution in [0.25, 0.3) is 0 Å². The van der Waals surface area contributed by atoms with Gasteiger partial charge >= 0.3 is 0 Å². The molecule has 4 nitrogen and oxygen atoms in total. The van der Waals surface area contributed by atoms with E-state index in [9.17, 15) is 4.79 Å². The molecule has 2 rings (SSSR count). The molecule has 3 unspecified atom stereocenters. The lowest BCUT2D eigenvalue weighted by molar-refractivity contribution is -0.129. The van der Waals surface area contributed by atoms with Crippen molar-refractivity contribution in [2.24, 2.45) is 5.92 Å². The summed E-state index contributed by atoms with van der Waals surface area (Å²) >= 11 is 0. The van der Waals surface area contributed by atoms with Gasteiger partial charge in [-0.3, -0.25) is 4.79 Å². The van der Waals surface area contributed by atoms with Crippen molar-refractivity contribution in [3.63, 3.8) is 0 Å². The first-order valence-corrected chi connectivity index (χ1v) is 6.37. The maximum Gasteiger partial charge on any atom is 0.225 e. The van der Waals surface area contributed by atoms with Crippen LogP contribution in [0.5, 0.6) is 0 Å². The second-order valence-electron chi connectivity index (χ2n) is 5.00. The van der Waals surface area contributed by atoms with E-state index in [4.69, 9.17) is 4.74 Å². The van der Waals surface area contributed by atoms with Gasteiger partial charge in [0.15, 0.2) is 0 Å². The van der Waals surface area contributed by atoms with Gasteiger partial charge in [0.2, 0.25) is 5.91 Å². The van der Waals surface area contributed by atoms with Crippen molar-refractivity contribution < 1.29 is 9.53 Å². The first kappa shape index (κ1) is 11.9. The average Bonchev–Trinajstić information content (AvgIpc) is 2.30. The van der Waals surface area contributed by atoms with Gasteiger partial charge in [-0.1, -0.05) is 0 Å². The van der Waals surface area contributed by atoms with Crippen LogP contribution in [0.3, 0.4) is 0 Å². The van der Waals surface area contributed by atoms with Crippen LogP contribution >= 0.6 is 0 Å². The number of carbonyl (C=O) groups excluding carboxylic acids is 1. The monoisotopic (exact) mass is 226 g/mol. The van der Waals surface area contributed by atoms with Gasteiger partial charge in [-0.15, -0.1) is 0 Å². The van der Waals surface area contributed by atoms with Crippen LogP contribution < -0.4 is 10.6 Å². The van der Waals surface area contributed by atoms with Crippen molar-refractivity contribution >= 4 is 5.91 Å². The van der Waals surface area contributed by atoms with E-state index in [1.807, 2.05) is 0 Å². The molecule has 0 radical (unpaired) electrons. The molecule has 3 atom stereocenters. The minimum absolute atomic E-state index is 0.0824. The number of hydrogen-bond donors (Lipinski definition) is 2. The fourth-order valence-electron chi connectivity index (χ4n) is 2.53. The van der Waals surface area contributed by atoms with E-state index in [1.54, 1.807) is 0 Å². The number of amides is 1. The Morgan fingerprint density at radius 3 is 3.00 bits per heavy atom. The molecule has 2 saturated heterocycles. The lowest BCUT2D eigenvalue weighted by Crippen LogP contribution is -2.48. The maximum absolute atomic E-state index is 12.0. The van der Waals surface area contributed by atoms with Gasteiger partial charge in [-0.2, -0.15) is 0 Å². The van der Waals surface area contributed by atoms with Crippen molar-refractivity contribution in [1.29, 1.82) is 0 Å².